The second-order valence-corrected chi connectivity index (χ2v) is 3.55. The van der Waals surface area contributed by atoms with Crippen LogP contribution in [0.5, 0.6) is 0 Å². The van der Waals surface area contributed by atoms with Crippen LogP contribution in [0.1, 0.15) is 16.9 Å². The summed E-state index contributed by atoms with van der Waals surface area (Å²) in [7, 11) is 0. The normalized spacial score (nSPS) is 12.0. The van der Waals surface area contributed by atoms with E-state index in [0.29, 0.717) is 12.3 Å². The number of furan rings is 1. The Morgan fingerprint density at radius 3 is 2.71 bits per heavy atom. The van der Waals surface area contributed by atoms with Crippen molar-refractivity contribution < 1.29 is 17.6 Å². The van der Waals surface area contributed by atoms with E-state index in [-0.39, 0.29) is 6.54 Å². The standard InChI is InChI=1S/C10H10F3N3O/c11-10(12,13)8-3-15-16(4-8)5-9-1-7(2-14)6-17-9/h1,3-4,6H,2,5,14H2. The lowest BCUT2D eigenvalue weighted by Crippen LogP contribution is -2.03. The number of rotatable bonds is 3. The van der Waals surface area contributed by atoms with Crippen LogP contribution in [-0.2, 0) is 19.3 Å². The average Bonchev–Trinajstić information content (AvgIpc) is 2.86. The van der Waals surface area contributed by atoms with Crippen LogP contribution in [-0.4, -0.2) is 9.78 Å². The number of nitrogens with two attached hydrogens (primary N) is 1. The first kappa shape index (κ1) is 11.7. The number of halogens is 3. The molecule has 2 heterocycles. The predicted molar refractivity (Wildman–Crippen MR) is 52.9 cm³/mol. The molecular weight excluding hydrogens is 235 g/mol. The maximum Gasteiger partial charge on any atom is 0.419 e. The van der Waals surface area contributed by atoms with E-state index in [9.17, 15) is 13.2 Å². The zero-order valence-corrected chi connectivity index (χ0v) is 8.74. The largest absolute Gasteiger partial charge is 0.467 e. The first-order valence-electron chi connectivity index (χ1n) is 4.85. The Morgan fingerprint density at radius 1 is 1.41 bits per heavy atom. The van der Waals surface area contributed by atoms with Gasteiger partial charge in [0.1, 0.15) is 5.76 Å². The topological polar surface area (TPSA) is 57.0 Å². The molecule has 2 N–H and O–H groups in total. The summed E-state index contributed by atoms with van der Waals surface area (Å²) in [4.78, 5) is 0. The van der Waals surface area contributed by atoms with Crippen molar-refractivity contribution in [3.8, 4) is 0 Å². The van der Waals surface area contributed by atoms with Gasteiger partial charge < -0.3 is 10.2 Å². The molecule has 0 fully saturated rings. The second-order valence-electron chi connectivity index (χ2n) is 3.55. The Morgan fingerprint density at radius 2 is 2.18 bits per heavy atom. The number of hydrogen-bond acceptors (Lipinski definition) is 3. The smallest absolute Gasteiger partial charge is 0.419 e. The van der Waals surface area contributed by atoms with Gasteiger partial charge in [0.25, 0.3) is 0 Å². The van der Waals surface area contributed by atoms with Crippen LogP contribution in [0.25, 0.3) is 0 Å². The van der Waals surface area contributed by atoms with Crippen molar-refractivity contribution in [2.24, 2.45) is 5.73 Å². The van der Waals surface area contributed by atoms with E-state index in [0.717, 1.165) is 18.0 Å². The Kier molecular flexibility index (Phi) is 2.93. The lowest BCUT2D eigenvalue weighted by Gasteiger charge is -2.00. The van der Waals surface area contributed by atoms with Crippen LogP contribution in [0, 0.1) is 0 Å². The van der Waals surface area contributed by atoms with Crippen molar-refractivity contribution in [3.05, 3.63) is 41.6 Å². The third-order valence-electron chi connectivity index (χ3n) is 2.22. The van der Waals surface area contributed by atoms with Crippen LogP contribution in [0.2, 0.25) is 0 Å². The third-order valence-corrected chi connectivity index (χ3v) is 2.22. The summed E-state index contributed by atoms with van der Waals surface area (Å²) in [5, 5.41) is 3.62. The van der Waals surface area contributed by atoms with Gasteiger partial charge in [-0.05, 0) is 6.07 Å². The lowest BCUT2D eigenvalue weighted by atomic mass is 10.3. The summed E-state index contributed by atoms with van der Waals surface area (Å²) in [6, 6.07) is 1.69. The fourth-order valence-corrected chi connectivity index (χ4v) is 1.37. The summed E-state index contributed by atoms with van der Waals surface area (Å²) in [5.74, 6) is 0.516. The Hall–Kier alpha value is -1.76. The molecule has 0 aromatic carbocycles. The molecule has 0 atom stereocenters. The molecule has 2 aromatic heterocycles. The van der Waals surface area contributed by atoms with Gasteiger partial charge in [0.2, 0.25) is 0 Å². The molecule has 4 nitrogen and oxygen atoms in total. The van der Waals surface area contributed by atoms with Crippen molar-refractivity contribution in [2.75, 3.05) is 0 Å². The van der Waals surface area contributed by atoms with E-state index >= 15 is 0 Å². The first-order chi connectivity index (χ1) is 7.99. The molecule has 0 unspecified atom stereocenters. The van der Waals surface area contributed by atoms with Crippen molar-refractivity contribution >= 4 is 0 Å². The minimum Gasteiger partial charge on any atom is -0.467 e. The maximum atomic E-state index is 12.3. The van der Waals surface area contributed by atoms with Gasteiger partial charge in [-0.1, -0.05) is 0 Å². The summed E-state index contributed by atoms with van der Waals surface area (Å²) in [5.41, 5.74) is 5.41. The van der Waals surface area contributed by atoms with Gasteiger partial charge in [-0.2, -0.15) is 18.3 Å². The molecule has 0 saturated carbocycles. The Labute approximate surface area is 94.8 Å². The second kappa shape index (κ2) is 4.25. The average molecular weight is 245 g/mol. The molecule has 0 bridgehead atoms. The van der Waals surface area contributed by atoms with Crippen LogP contribution in [0.4, 0.5) is 13.2 Å². The fraction of sp³-hybridized carbons (Fsp3) is 0.300. The molecule has 92 valence electrons. The zero-order chi connectivity index (χ0) is 12.5. The highest BCUT2D eigenvalue weighted by Gasteiger charge is 2.32. The third kappa shape index (κ3) is 2.68. The van der Waals surface area contributed by atoms with Gasteiger partial charge in [-0.25, -0.2) is 0 Å². The summed E-state index contributed by atoms with van der Waals surface area (Å²) in [6.45, 7) is 0.479. The molecular formula is C10H10F3N3O. The van der Waals surface area contributed by atoms with Crippen molar-refractivity contribution in [1.29, 1.82) is 0 Å². The molecule has 0 aliphatic rings. The van der Waals surface area contributed by atoms with Crippen molar-refractivity contribution in [2.45, 2.75) is 19.3 Å². The molecule has 0 amide bonds. The van der Waals surface area contributed by atoms with Crippen molar-refractivity contribution in [1.82, 2.24) is 9.78 Å². The molecule has 0 aliphatic carbocycles. The van der Waals surface area contributed by atoms with E-state index in [4.69, 9.17) is 10.2 Å². The summed E-state index contributed by atoms with van der Waals surface area (Å²) >= 11 is 0. The highest BCUT2D eigenvalue weighted by molar-refractivity contribution is 5.14. The van der Waals surface area contributed by atoms with Gasteiger partial charge in [0, 0.05) is 18.3 Å². The zero-order valence-electron chi connectivity index (χ0n) is 8.74. The number of nitrogens with zero attached hydrogens (tertiary/aromatic N) is 2. The van der Waals surface area contributed by atoms with Gasteiger partial charge >= 0.3 is 6.18 Å². The number of alkyl halides is 3. The fourth-order valence-electron chi connectivity index (χ4n) is 1.37. The summed E-state index contributed by atoms with van der Waals surface area (Å²) < 4.78 is 43.2. The van der Waals surface area contributed by atoms with Gasteiger partial charge in [-0.15, -0.1) is 0 Å². The minimum absolute atomic E-state index is 0.149. The van der Waals surface area contributed by atoms with Crippen LogP contribution in [0.3, 0.4) is 0 Å². The van der Waals surface area contributed by atoms with E-state index in [1.807, 2.05) is 0 Å². The molecule has 0 radical (unpaired) electrons. The van der Waals surface area contributed by atoms with Crippen LogP contribution in [0.15, 0.2) is 29.1 Å². The molecule has 2 aromatic rings. The molecule has 0 spiro atoms. The van der Waals surface area contributed by atoms with Gasteiger partial charge in [-0.3, -0.25) is 4.68 Å². The van der Waals surface area contributed by atoms with Gasteiger partial charge in [0.05, 0.1) is 24.6 Å². The lowest BCUT2D eigenvalue weighted by molar-refractivity contribution is -0.137. The van der Waals surface area contributed by atoms with E-state index in [2.05, 4.69) is 5.10 Å². The Balaban J connectivity index is 2.11. The number of hydrogen-bond donors (Lipinski definition) is 1. The highest BCUT2D eigenvalue weighted by atomic mass is 19.4. The Bertz CT molecular complexity index is 501. The summed E-state index contributed by atoms with van der Waals surface area (Å²) in [6.07, 6.45) is -1.18. The van der Waals surface area contributed by atoms with Crippen LogP contribution < -0.4 is 5.73 Å². The highest BCUT2D eigenvalue weighted by Crippen LogP contribution is 2.28. The molecule has 2 rings (SSSR count). The van der Waals surface area contributed by atoms with Crippen LogP contribution >= 0.6 is 0 Å². The molecule has 7 heteroatoms. The number of aromatic nitrogens is 2. The van der Waals surface area contributed by atoms with E-state index in [1.54, 1.807) is 6.07 Å². The maximum absolute atomic E-state index is 12.3. The minimum atomic E-state index is -4.37. The van der Waals surface area contributed by atoms with Gasteiger partial charge in [0.15, 0.2) is 0 Å². The molecule has 0 saturated heterocycles. The SMILES string of the molecule is NCc1coc(Cn2cc(C(F)(F)F)cn2)c1. The van der Waals surface area contributed by atoms with E-state index < -0.39 is 11.7 Å². The molecule has 17 heavy (non-hydrogen) atoms. The first-order valence-corrected chi connectivity index (χ1v) is 4.85. The predicted octanol–water partition coefficient (Wildman–Crippen LogP) is 2.00. The van der Waals surface area contributed by atoms with Crippen molar-refractivity contribution in [3.63, 3.8) is 0 Å². The quantitative estimate of drug-likeness (QED) is 0.899. The van der Waals surface area contributed by atoms with E-state index in [1.165, 1.54) is 10.9 Å². The monoisotopic (exact) mass is 245 g/mol. The molecule has 0 aliphatic heterocycles.